The largest absolute Gasteiger partial charge is 0.321 e. The molecule has 3 aromatic carbocycles. The molecule has 0 aliphatic carbocycles. The highest BCUT2D eigenvalue weighted by molar-refractivity contribution is 7.89. The molecular formula is C20H16N2O3S. The van der Waals surface area contributed by atoms with Gasteiger partial charge in [-0.2, -0.15) is 4.72 Å². The molecule has 3 rings (SSSR count). The van der Waals surface area contributed by atoms with E-state index in [9.17, 15) is 13.2 Å². The van der Waals surface area contributed by atoms with Crippen LogP contribution < -0.4 is 10.0 Å². The Hall–Kier alpha value is -3.14. The Morgan fingerprint density at radius 3 is 2.38 bits per heavy atom. The van der Waals surface area contributed by atoms with Crippen molar-refractivity contribution in [2.24, 2.45) is 0 Å². The second-order valence-electron chi connectivity index (χ2n) is 5.53. The van der Waals surface area contributed by atoms with Crippen molar-refractivity contribution in [2.45, 2.75) is 4.90 Å². The minimum atomic E-state index is -3.68. The summed E-state index contributed by atoms with van der Waals surface area (Å²) in [6.45, 7) is -0.0916. The predicted octanol–water partition coefficient (Wildman–Crippen LogP) is 3.00. The molecular weight excluding hydrogens is 348 g/mol. The molecule has 0 saturated carbocycles. The van der Waals surface area contributed by atoms with E-state index in [1.54, 1.807) is 0 Å². The van der Waals surface area contributed by atoms with Gasteiger partial charge in [0.25, 0.3) is 5.91 Å². The molecule has 0 aliphatic heterocycles. The second-order valence-corrected chi connectivity index (χ2v) is 7.30. The zero-order chi connectivity index (χ0) is 18.6. The van der Waals surface area contributed by atoms with Crippen LogP contribution in [0.15, 0.2) is 71.6 Å². The average molecular weight is 364 g/mol. The molecule has 130 valence electrons. The molecule has 0 bridgehead atoms. The van der Waals surface area contributed by atoms with E-state index in [0.29, 0.717) is 11.3 Å². The highest BCUT2D eigenvalue weighted by atomic mass is 32.2. The van der Waals surface area contributed by atoms with Gasteiger partial charge in [-0.15, -0.1) is 6.42 Å². The van der Waals surface area contributed by atoms with Crippen LogP contribution in [-0.4, -0.2) is 20.9 Å². The number of amides is 1. The van der Waals surface area contributed by atoms with E-state index in [-0.39, 0.29) is 17.3 Å². The quantitative estimate of drug-likeness (QED) is 0.684. The lowest BCUT2D eigenvalue weighted by Gasteiger charge is -2.09. The Bertz CT molecular complexity index is 1090. The normalized spacial score (nSPS) is 11.0. The maximum absolute atomic E-state index is 12.5. The number of hydrogen-bond donors (Lipinski definition) is 2. The number of fused-ring (bicyclic) bond motifs is 1. The molecule has 2 N–H and O–H groups in total. The topological polar surface area (TPSA) is 75.3 Å². The minimum absolute atomic E-state index is 0.0504. The summed E-state index contributed by atoms with van der Waals surface area (Å²) >= 11 is 0. The Labute approximate surface area is 152 Å². The lowest BCUT2D eigenvalue weighted by atomic mass is 10.1. The van der Waals surface area contributed by atoms with E-state index in [4.69, 9.17) is 6.42 Å². The standard InChI is InChI=1S/C20H16N2O3S/c1-2-14-21-26(24,25)17-12-10-16(11-13-17)20(23)22-19-9-5-7-15-6-3-4-8-18(15)19/h1,3-13,21H,14H2,(H,22,23). The Morgan fingerprint density at radius 2 is 1.65 bits per heavy atom. The van der Waals surface area contributed by atoms with Gasteiger partial charge in [0, 0.05) is 16.6 Å². The number of hydrogen-bond acceptors (Lipinski definition) is 3. The van der Waals surface area contributed by atoms with Crippen molar-refractivity contribution in [3.8, 4) is 12.3 Å². The second kappa shape index (κ2) is 7.40. The zero-order valence-corrected chi connectivity index (χ0v) is 14.6. The van der Waals surface area contributed by atoms with E-state index < -0.39 is 10.0 Å². The molecule has 6 heteroatoms. The van der Waals surface area contributed by atoms with Gasteiger partial charge in [-0.3, -0.25) is 4.79 Å². The molecule has 0 spiro atoms. The van der Waals surface area contributed by atoms with Crippen molar-refractivity contribution in [1.82, 2.24) is 4.72 Å². The van der Waals surface area contributed by atoms with Gasteiger partial charge in [-0.05, 0) is 35.7 Å². The predicted molar refractivity (Wildman–Crippen MR) is 102 cm³/mol. The number of nitrogens with one attached hydrogen (secondary N) is 2. The van der Waals surface area contributed by atoms with Crippen molar-refractivity contribution in [3.63, 3.8) is 0 Å². The van der Waals surface area contributed by atoms with Gasteiger partial charge in [0.1, 0.15) is 0 Å². The number of rotatable bonds is 5. The number of carbonyl (C=O) groups is 1. The van der Waals surface area contributed by atoms with Crippen molar-refractivity contribution >= 4 is 32.4 Å². The average Bonchev–Trinajstić information content (AvgIpc) is 2.67. The minimum Gasteiger partial charge on any atom is -0.321 e. The number of benzene rings is 3. The van der Waals surface area contributed by atoms with Crippen molar-refractivity contribution in [1.29, 1.82) is 0 Å². The third-order valence-electron chi connectivity index (χ3n) is 3.83. The van der Waals surface area contributed by atoms with E-state index in [1.165, 1.54) is 24.3 Å². The Morgan fingerprint density at radius 1 is 0.962 bits per heavy atom. The number of terminal acetylenes is 1. The van der Waals surface area contributed by atoms with Gasteiger partial charge < -0.3 is 5.32 Å². The molecule has 0 fully saturated rings. The van der Waals surface area contributed by atoms with Crippen LogP contribution in [0.5, 0.6) is 0 Å². The molecule has 1 amide bonds. The van der Waals surface area contributed by atoms with Crippen molar-refractivity contribution < 1.29 is 13.2 Å². The summed E-state index contributed by atoms with van der Waals surface area (Å²) in [4.78, 5) is 12.5. The fourth-order valence-corrected chi connectivity index (χ4v) is 3.47. The van der Waals surface area contributed by atoms with Gasteiger partial charge in [-0.25, -0.2) is 8.42 Å². The molecule has 26 heavy (non-hydrogen) atoms. The summed E-state index contributed by atoms with van der Waals surface area (Å²) < 4.78 is 26.3. The van der Waals surface area contributed by atoms with E-state index in [2.05, 4.69) is 16.0 Å². The molecule has 0 unspecified atom stereocenters. The van der Waals surface area contributed by atoms with Crippen LogP contribution in [0.4, 0.5) is 5.69 Å². The molecule has 0 aliphatic rings. The molecule has 5 nitrogen and oxygen atoms in total. The zero-order valence-electron chi connectivity index (χ0n) is 13.8. The van der Waals surface area contributed by atoms with Crippen molar-refractivity contribution in [2.75, 3.05) is 11.9 Å². The molecule has 0 aromatic heterocycles. The van der Waals surface area contributed by atoms with Crippen molar-refractivity contribution in [3.05, 3.63) is 72.3 Å². The first-order valence-electron chi connectivity index (χ1n) is 7.83. The first-order chi connectivity index (χ1) is 12.5. The molecule has 3 aromatic rings. The summed E-state index contributed by atoms with van der Waals surface area (Å²) in [5.41, 5.74) is 1.05. The van der Waals surface area contributed by atoms with E-state index in [0.717, 1.165) is 10.8 Å². The SMILES string of the molecule is C#CCNS(=O)(=O)c1ccc(C(=O)Nc2cccc3ccccc23)cc1. The van der Waals surface area contributed by atoms with E-state index in [1.807, 2.05) is 42.5 Å². The molecule has 0 atom stereocenters. The number of sulfonamides is 1. The maximum atomic E-state index is 12.5. The fourth-order valence-electron chi connectivity index (χ4n) is 2.53. The summed E-state index contributed by atoms with van der Waals surface area (Å²) in [5.74, 6) is 1.89. The lowest BCUT2D eigenvalue weighted by molar-refractivity contribution is 0.102. The molecule has 0 saturated heterocycles. The third-order valence-corrected chi connectivity index (χ3v) is 5.25. The first-order valence-corrected chi connectivity index (χ1v) is 9.32. The number of carbonyl (C=O) groups excluding carboxylic acids is 1. The van der Waals surface area contributed by atoms with Crippen LogP contribution in [0.2, 0.25) is 0 Å². The summed E-state index contributed by atoms with van der Waals surface area (Å²) in [6.07, 6.45) is 5.06. The van der Waals surface area contributed by atoms with Crippen LogP contribution in [-0.2, 0) is 10.0 Å². The summed E-state index contributed by atoms with van der Waals surface area (Å²) in [7, 11) is -3.68. The lowest BCUT2D eigenvalue weighted by Crippen LogP contribution is -2.24. The first kappa shape index (κ1) is 17.7. The van der Waals surface area contributed by atoms with Gasteiger partial charge in [0.2, 0.25) is 10.0 Å². The molecule has 0 radical (unpaired) electrons. The highest BCUT2D eigenvalue weighted by Gasteiger charge is 2.14. The summed E-state index contributed by atoms with van der Waals surface area (Å²) in [6, 6.07) is 19.1. The maximum Gasteiger partial charge on any atom is 0.255 e. The Kier molecular flexibility index (Phi) is 5.03. The smallest absolute Gasteiger partial charge is 0.255 e. The Balaban J connectivity index is 1.81. The number of anilines is 1. The van der Waals surface area contributed by atoms with Gasteiger partial charge in [0.05, 0.1) is 11.4 Å². The van der Waals surface area contributed by atoms with Crippen LogP contribution in [0, 0.1) is 12.3 Å². The molecule has 0 heterocycles. The summed E-state index contributed by atoms with van der Waals surface area (Å²) in [5, 5.41) is 4.81. The van der Waals surface area contributed by atoms with E-state index >= 15 is 0 Å². The van der Waals surface area contributed by atoms with Gasteiger partial charge >= 0.3 is 0 Å². The van der Waals surface area contributed by atoms with Gasteiger partial charge in [0.15, 0.2) is 0 Å². The monoisotopic (exact) mass is 364 g/mol. The van der Waals surface area contributed by atoms with Crippen LogP contribution >= 0.6 is 0 Å². The highest BCUT2D eigenvalue weighted by Crippen LogP contribution is 2.23. The van der Waals surface area contributed by atoms with Crippen LogP contribution in [0.1, 0.15) is 10.4 Å². The fraction of sp³-hybridized carbons (Fsp3) is 0.0500. The third kappa shape index (κ3) is 3.75. The van der Waals surface area contributed by atoms with Crippen LogP contribution in [0.25, 0.3) is 10.8 Å². The van der Waals surface area contributed by atoms with Crippen LogP contribution in [0.3, 0.4) is 0 Å². The van der Waals surface area contributed by atoms with Gasteiger partial charge in [-0.1, -0.05) is 42.3 Å².